The number of benzene rings is 1. The highest BCUT2D eigenvalue weighted by molar-refractivity contribution is 7.11. The lowest BCUT2D eigenvalue weighted by atomic mass is 10.3. The van der Waals surface area contributed by atoms with E-state index < -0.39 is 5.82 Å². The summed E-state index contributed by atoms with van der Waals surface area (Å²) in [5.41, 5.74) is 6.82. The molecule has 0 aliphatic carbocycles. The maximum Gasteiger partial charge on any atom is 0.279 e. The van der Waals surface area contributed by atoms with Crippen LogP contribution in [-0.2, 0) is 6.42 Å². The fourth-order valence-corrected chi connectivity index (χ4v) is 1.98. The standard InChI is InChI=1S/C11H11FN2OS/c1-2-7-6-16-11(14-7)15-10-8(12)4-3-5-9(10)13/h3-6H,2,13H2,1H3. The van der Waals surface area contributed by atoms with Gasteiger partial charge in [0.15, 0.2) is 11.6 Å². The number of para-hydroxylation sites is 1. The molecule has 1 aromatic heterocycles. The Hall–Kier alpha value is -1.62. The van der Waals surface area contributed by atoms with Gasteiger partial charge < -0.3 is 10.5 Å². The number of aryl methyl sites for hydroxylation is 1. The maximum atomic E-state index is 13.4. The molecule has 0 saturated carbocycles. The molecule has 2 N–H and O–H groups in total. The summed E-state index contributed by atoms with van der Waals surface area (Å²) in [7, 11) is 0. The molecule has 0 aliphatic heterocycles. The summed E-state index contributed by atoms with van der Waals surface area (Å²) in [5, 5.41) is 2.29. The minimum atomic E-state index is -0.478. The van der Waals surface area contributed by atoms with E-state index in [1.165, 1.54) is 23.5 Å². The van der Waals surface area contributed by atoms with Crippen molar-refractivity contribution in [2.24, 2.45) is 0 Å². The molecule has 0 fully saturated rings. The number of nitrogen functional groups attached to an aromatic ring is 1. The van der Waals surface area contributed by atoms with Gasteiger partial charge in [0.1, 0.15) is 0 Å². The Bertz CT molecular complexity index is 478. The topological polar surface area (TPSA) is 48.1 Å². The van der Waals surface area contributed by atoms with Crippen LogP contribution in [0.3, 0.4) is 0 Å². The number of nitrogens with zero attached hydrogens (tertiary/aromatic N) is 1. The molecule has 0 spiro atoms. The van der Waals surface area contributed by atoms with E-state index >= 15 is 0 Å². The highest BCUT2D eigenvalue weighted by atomic mass is 32.1. The summed E-state index contributed by atoms with van der Waals surface area (Å²) >= 11 is 1.33. The molecule has 0 saturated heterocycles. The first-order chi connectivity index (χ1) is 7.70. The summed E-state index contributed by atoms with van der Waals surface area (Å²) in [5.74, 6) is -0.437. The maximum absolute atomic E-state index is 13.4. The van der Waals surface area contributed by atoms with Crippen LogP contribution in [0, 0.1) is 5.82 Å². The monoisotopic (exact) mass is 238 g/mol. The summed E-state index contributed by atoms with van der Waals surface area (Å²) in [6.07, 6.45) is 0.826. The van der Waals surface area contributed by atoms with Gasteiger partial charge in [0.2, 0.25) is 0 Å². The van der Waals surface area contributed by atoms with E-state index in [0.717, 1.165) is 12.1 Å². The van der Waals surface area contributed by atoms with E-state index in [4.69, 9.17) is 10.5 Å². The number of halogens is 1. The van der Waals surface area contributed by atoms with Crippen LogP contribution in [0.15, 0.2) is 23.6 Å². The average Bonchev–Trinajstić information content (AvgIpc) is 2.71. The van der Waals surface area contributed by atoms with Crippen LogP contribution >= 0.6 is 11.3 Å². The molecule has 0 unspecified atom stereocenters. The number of thiazole rings is 1. The van der Waals surface area contributed by atoms with E-state index in [-0.39, 0.29) is 11.4 Å². The number of anilines is 1. The minimum Gasteiger partial charge on any atom is -0.426 e. The number of nitrogens with two attached hydrogens (primary N) is 1. The first-order valence-corrected chi connectivity index (χ1v) is 5.75. The fourth-order valence-electron chi connectivity index (χ4n) is 1.22. The molecule has 16 heavy (non-hydrogen) atoms. The minimum absolute atomic E-state index is 0.0412. The SMILES string of the molecule is CCc1csc(Oc2c(N)cccc2F)n1. The van der Waals surface area contributed by atoms with E-state index in [9.17, 15) is 4.39 Å². The number of ether oxygens (including phenoxy) is 1. The molecule has 5 heteroatoms. The average molecular weight is 238 g/mol. The van der Waals surface area contributed by atoms with Crippen LogP contribution in [-0.4, -0.2) is 4.98 Å². The molecular weight excluding hydrogens is 227 g/mol. The molecule has 2 aromatic rings. The molecule has 84 valence electrons. The Kier molecular flexibility index (Phi) is 3.05. The second-order valence-corrected chi connectivity index (χ2v) is 4.04. The van der Waals surface area contributed by atoms with Crippen LogP contribution in [0.2, 0.25) is 0 Å². The van der Waals surface area contributed by atoms with Crippen molar-refractivity contribution in [1.29, 1.82) is 0 Å². The van der Waals surface area contributed by atoms with Crippen LogP contribution < -0.4 is 10.5 Å². The van der Waals surface area contributed by atoms with Crippen molar-refractivity contribution < 1.29 is 9.13 Å². The Balaban J connectivity index is 2.26. The van der Waals surface area contributed by atoms with Crippen molar-refractivity contribution in [3.63, 3.8) is 0 Å². The zero-order valence-electron chi connectivity index (χ0n) is 8.74. The molecule has 0 amide bonds. The van der Waals surface area contributed by atoms with Gasteiger partial charge in [-0.15, -0.1) is 0 Å². The summed E-state index contributed by atoms with van der Waals surface area (Å²) in [6.45, 7) is 2.00. The van der Waals surface area contributed by atoms with Gasteiger partial charge in [0.05, 0.1) is 11.4 Å². The summed E-state index contributed by atoms with van der Waals surface area (Å²) in [4.78, 5) is 4.18. The lowest BCUT2D eigenvalue weighted by Gasteiger charge is -2.05. The van der Waals surface area contributed by atoms with E-state index in [0.29, 0.717) is 5.19 Å². The second-order valence-electron chi connectivity index (χ2n) is 3.22. The van der Waals surface area contributed by atoms with Crippen LogP contribution in [0.1, 0.15) is 12.6 Å². The fraction of sp³-hybridized carbons (Fsp3) is 0.182. The van der Waals surface area contributed by atoms with Crippen molar-refractivity contribution in [2.75, 3.05) is 5.73 Å². The highest BCUT2D eigenvalue weighted by Crippen LogP contribution is 2.31. The number of hydrogen-bond acceptors (Lipinski definition) is 4. The van der Waals surface area contributed by atoms with Crippen molar-refractivity contribution in [3.8, 4) is 10.9 Å². The zero-order valence-corrected chi connectivity index (χ0v) is 9.55. The Labute approximate surface area is 96.7 Å². The lowest BCUT2D eigenvalue weighted by Crippen LogP contribution is -1.94. The molecule has 0 radical (unpaired) electrons. The molecule has 3 nitrogen and oxygen atoms in total. The third kappa shape index (κ3) is 2.14. The molecule has 0 aliphatic rings. The molecular formula is C11H11FN2OS. The first-order valence-electron chi connectivity index (χ1n) is 4.87. The largest absolute Gasteiger partial charge is 0.426 e. The van der Waals surface area contributed by atoms with Crippen molar-refractivity contribution >= 4 is 17.0 Å². The van der Waals surface area contributed by atoms with Gasteiger partial charge in [-0.1, -0.05) is 24.3 Å². The van der Waals surface area contributed by atoms with Gasteiger partial charge in [0, 0.05) is 5.38 Å². The van der Waals surface area contributed by atoms with Gasteiger partial charge in [-0.25, -0.2) is 9.37 Å². The summed E-state index contributed by atoms with van der Waals surface area (Å²) < 4.78 is 18.7. The van der Waals surface area contributed by atoms with Gasteiger partial charge >= 0.3 is 0 Å². The predicted molar refractivity (Wildman–Crippen MR) is 62.4 cm³/mol. The molecule has 2 rings (SSSR count). The Morgan fingerprint density at radius 3 is 2.94 bits per heavy atom. The van der Waals surface area contributed by atoms with Gasteiger partial charge in [-0.3, -0.25) is 0 Å². The Morgan fingerprint density at radius 2 is 2.31 bits per heavy atom. The molecule has 1 aromatic carbocycles. The quantitative estimate of drug-likeness (QED) is 0.835. The predicted octanol–water partition coefficient (Wildman–Crippen LogP) is 3.22. The first kappa shape index (κ1) is 10.9. The highest BCUT2D eigenvalue weighted by Gasteiger charge is 2.10. The summed E-state index contributed by atoms with van der Waals surface area (Å²) in [6, 6.07) is 4.43. The van der Waals surface area contributed by atoms with Gasteiger partial charge in [-0.05, 0) is 18.6 Å². The number of rotatable bonds is 3. The zero-order chi connectivity index (χ0) is 11.5. The third-order valence-corrected chi connectivity index (χ3v) is 2.85. The van der Waals surface area contributed by atoms with Crippen LogP contribution in [0.25, 0.3) is 0 Å². The third-order valence-electron chi connectivity index (χ3n) is 2.08. The smallest absolute Gasteiger partial charge is 0.279 e. The van der Waals surface area contributed by atoms with Crippen molar-refractivity contribution in [1.82, 2.24) is 4.98 Å². The molecule has 0 atom stereocenters. The lowest BCUT2D eigenvalue weighted by molar-refractivity contribution is 0.441. The second kappa shape index (κ2) is 4.49. The van der Waals surface area contributed by atoms with Gasteiger partial charge in [-0.2, -0.15) is 0 Å². The number of aromatic nitrogens is 1. The van der Waals surface area contributed by atoms with E-state index in [1.54, 1.807) is 6.07 Å². The van der Waals surface area contributed by atoms with Gasteiger partial charge in [0.25, 0.3) is 5.19 Å². The van der Waals surface area contributed by atoms with Crippen LogP contribution in [0.4, 0.5) is 10.1 Å². The molecule has 1 heterocycles. The normalized spacial score (nSPS) is 10.4. The number of hydrogen-bond donors (Lipinski definition) is 1. The van der Waals surface area contributed by atoms with Crippen molar-refractivity contribution in [2.45, 2.75) is 13.3 Å². The van der Waals surface area contributed by atoms with E-state index in [2.05, 4.69) is 4.98 Å². The molecule has 0 bridgehead atoms. The van der Waals surface area contributed by atoms with E-state index in [1.807, 2.05) is 12.3 Å². The van der Waals surface area contributed by atoms with Crippen LogP contribution in [0.5, 0.6) is 10.9 Å². The van der Waals surface area contributed by atoms with Crippen molar-refractivity contribution in [3.05, 3.63) is 35.1 Å². The Morgan fingerprint density at radius 1 is 1.50 bits per heavy atom.